The molecule has 0 unspecified atom stereocenters. The fraction of sp³-hybridized carbons (Fsp3) is 0. The molecule has 0 aliphatic rings. The van der Waals surface area contributed by atoms with E-state index in [1.807, 2.05) is 48.5 Å². The molecule has 2 aromatic carbocycles. The van der Waals surface area contributed by atoms with E-state index < -0.39 is 0 Å². The second-order valence-corrected chi connectivity index (χ2v) is 4.12. The Hall–Kier alpha value is -2.82. The number of anilines is 2. The summed E-state index contributed by atoms with van der Waals surface area (Å²) in [6, 6.07) is 14.6. The molecular weight excluding hydrogens is 240 g/mol. The average molecular weight is 252 g/mol. The third-order valence-corrected chi connectivity index (χ3v) is 2.73. The summed E-state index contributed by atoms with van der Waals surface area (Å²) in [5.74, 6) is 0. The molecule has 0 bridgehead atoms. The van der Waals surface area contributed by atoms with Crippen LogP contribution in [0.3, 0.4) is 0 Å². The van der Waals surface area contributed by atoms with Crippen molar-refractivity contribution in [1.82, 2.24) is 10.2 Å². The number of carbonyl (C=O) groups excluding carboxylic acids is 1. The lowest BCUT2D eigenvalue weighted by Crippen LogP contribution is -2.19. The molecule has 5 nitrogen and oxygen atoms in total. The molecule has 0 aliphatic heterocycles. The molecule has 2 amide bonds. The highest BCUT2D eigenvalue weighted by molar-refractivity contribution is 6.00. The lowest BCUT2D eigenvalue weighted by molar-refractivity contribution is 0.262. The molecule has 5 heteroatoms. The van der Waals surface area contributed by atoms with Crippen LogP contribution in [0, 0.1) is 0 Å². The van der Waals surface area contributed by atoms with Gasteiger partial charge >= 0.3 is 6.03 Å². The lowest BCUT2D eigenvalue weighted by atomic mass is 10.2. The van der Waals surface area contributed by atoms with Gasteiger partial charge in [-0.1, -0.05) is 18.2 Å². The van der Waals surface area contributed by atoms with Gasteiger partial charge in [-0.05, 0) is 30.3 Å². The Labute approximate surface area is 109 Å². The van der Waals surface area contributed by atoms with Crippen molar-refractivity contribution in [3.63, 3.8) is 0 Å². The van der Waals surface area contributed by atoms with Gasteiger partial charge in [0.15, 0.2) is 0 Å². The van der Waals surface area contributed by atoms with Gasteiger partial charge in [-0.2, -0.15) is 5.10 Å². The Balaban J connectivity index is 1.72. The molecule has 0 saturated carbocycles. The first-order chi connectivity index (χ1) is 9.31. The van der Waals surface area contributed by atoms with Crippen molar-refractivity contribution in [2.24, 2.45) is 0 Å². The highest BCUT2D eigenvalue weighted by atomic mass is 16.2. The van der Waals surface area contributed by atoms with Crippen molar-refractivity contribution in [2.45, 2.75) is 0 Å². The summed E-state index contributed by atoms with van der Waals surface area (Å²) >= 11 is 0. The van der Waals surface area contributed by atoms with Crippen LogP contribution in [0.5, 0.6) is 0 Å². The van der Waals surface area contributed by atoms with Crippen LogP contribution in [0.4, 0.5) is 16.2 Å². The molecule has 1 aromatic heterocycles. The van der Waals surface area contributed by atoms with E-state index in [2.05, 4.69) is 20.8 Å². The van der Waals surface area contributed by atoms with E-state index >= 15 is 0 Å². The number of fused-ring (bicyclic) bond motifs is 1. The Morgan fingerprint density at radius 3 is 2.63 bits per heavy atom. The van der Waals surface area contributed by atoms with E-state index in [0.29, 0.717) is 0 Å². The average Bonchev–Trinajstić information content (AvgIpc) is 2.87. The Morgan fingerprint density at radius 1 is 1.00 bits per heavy atom. The van der Waals surface area contributed by atoms with Gasteiger partial charge in [0.05, 0.1) is 11.7 Å². The molecule has 94 valence electrons. The Morgan fingerprint density at radius 2 is 1.79 bits per heavy atom. The number of nitrogens with one attached hydrogen (secondary N) is 3. The van der Waals surface area contributed by atoms with E-state index in [9.17, 15) is 4.79 Å². The smallest absolute Gasteiger partial charge is 0.308 e. The Kier molecular flexibility index (Phi) is 2.86. The minimum atomic E-state index is -0.269. The standard InChI is InChI=1S/C14H12N4O/c19-14(16-11-4-2-1-3-5-11)17-12-6-7-13-10(8-12)9-15-18-13/h1-9H,(H,15,18)(H2,16,17,19). The minimum absolute atomic E-state index is 0.269. The third-order valence-electron chi connectivity index (χ3n) is 2.73. The first-order valence-corrected chi connectivity index (χ1v) is 5.87. The van der Waals surface area contributed by atoms with E-state index in [4.69, 9.17) is 0 Å². The predicted octanol–water partition coefficient (Wildman–Crippen LogP) is 3.21. The van der Waals surface area contributed by atoms with Crippen LogP contribution in [-0.4, -0.2) is 16.2 Å². The molecule has 0 atom stereocenters. The Bertz CT molecular complexity index is 706. The third kappa shape index (κ3) is 2.55. The van der Waals surface area contributed by atoms with Crippen molar-refractivity contribution in [3.8, 4) is 0 Å². The van der Waals surface area contributed by atoms with Crippen molar-refractivity contribution < 1.29 is 4.79 Å². The van der Waals surface area contributed by atoms with Crippen molar-refractivity contribution in [1.29, 1.82) is 0 Å². The van der Waals surface area contributed by atoms with Crippen LogP contribution in [0.2, 0.25) is 0 Å². The molecular formula is C14H12N4O. The van der Waals surface area contributed by atoms with Gasteiger partial charge in [-0.15, -0.1) is 0 Å². The zero-order valence-corrected chi connectivity index (χ0v) is 10.1. The van der Waals surface area contributed by atoms with Crippen LogP contribution in [0.15, 0.2) is 54.7 Å². The molecule has 3 N–H and O–H groups in total. The minimum Gasteiger partial charge on any atom is -0.308 e. The highest BCUT2D eigenvalue weighted by Crippen LogP contribution is 2.17. The first-order valence-electron chi connectivity index (χ1n) is 5.87. The zero-order valence-electron chi connectivity index (χ0n) is 10.1. The summed E-state index contributed by atoms with van der Waals surface area (Å²) in [5.41, 5.74) is 2.42. The number of nitrogens with zero attached hydrogens (tertiary/aromatic N) is 1. The van der Waals surface area contributed by atoms with Crippen molar-refractivity contribution in [3.05, 3.63) is 54.7 Å². The molecule has 0 aliphatic carbocycles. The molecule has 19 heavy (non-hydrogen) atoms. The van der Waals surface area contributed by atoms with E-state index in [0.717, 1.165) is 22.3 Å². The first kappa shape index (κ1) is 11.3. The molecule has 0 spiro atoms. The number of amides is 2. The predicted molar refractivity (Wildman–Crippen MR) is 75.2 cm³/mol. The lowest BCUT2D eigenvalue weighted by Gasteiger charge is -2.07. The molecule has 3 rings (SSSR count). The number of para-hydroxylation sites is 1. The van der Waals surface area contributed by atoms with Crippen molar-refractivity contribution >= 4 is 28.3 Å². The number of hydrogen-bond acceptors (Lipinski definition) is 2. The molecule has 3 aromatic rings. The van der Waals surface area contributed by atoms with E-state index in [1.54, 1.807) is 6.20 Å². The SMILES string of the molecule is O=C(Nc1ccccc1)Nc1ccc2[nH]ncc2c1. The largest absolute Gasteiger partial charge is 0.323 e. The second kappa shape index (κ2) is 4.81. The van der Waals surface area contributed by atoms with Gasteiger partial charge in [-0.25, -0.2) is 4.79 Å². The van der Waals surface area contributed by atoms with Gasteiger partial charge in [0.2, 0.25) is 0 Å². The maximum Gasteiger partial charge on any atom is 0.323 e. The number of aromatic amines is 1. The fourth-order valence-corrected chi connectivity index (χ4v) is 1.84. The molecule has 0 radical (unpaired) electrons. The fourth-order valence-electron chi connectivity index (χ4n) is 1.84. The quantitative estimate of drug-likeness (QED) is 0.655. The van der Waals surface area contributed by atoms with E-state index in [-0.39, 0.29) is 6.03 Å². The number of aromatic nitrogens is 2. The second-order valence-electron chi connectivity index (χ2n) is 4.12. The van der Waals surface area contributed by atoms with Gasteiger partial charge in [-0.3, -0.25) is 5.10 Å². The number of H-pyrrole nitrogens is 1. The highest BCUT2D eigenvalue weighted by Gasteiger charge is 2.03. The van der Waals surface area contributed by atoms with Crippen LogP contribution in [0.1, 0.15) is 0 Å². The number of rotatable bonds is 2. The summed E-state index contributed by atoms with van der Waals surface area (Å²) < 4.78 is 0. The normalized spacial score (nSPS) is 10.3. The van der Waals surface area contributed by atoms with E-state index in [1.165, 1.54) is 0 Å². The maximum atomic E-state index is 11.8. The van der Waals surface area contributed by atoms with Gasteiger partial charge in [0.1, 0.15) is 0 Å². The number of benzene rings is 2. The van der Waals surface area contributed by atoms with Crippen LogP contribution >= 0.6 is 0 Å². The number of carbonyl (C=O) groups is 1. The zero-order chi connectivity index (χ0) is 13.1. The summed E-state index contributed by atoms with van der Waals surface area (Å²) in [4.78, 5) is 11.8. The molecule has 0 saturated heterocycles. The summed E-state index contributed by atoms with van der Waals surface area (Å²) in [6.45, 7) is 0. The van der Waals surface area contributed by atoms with Gasteiger partial charge in [0.25, 0.3) is 0 Å². The van der Waals surface area contributed by atoms with Gasteiger partial charge < -0.3 is 10.6 Å². The molecule has 1 heterocycles. The van der Waals surface area contributed by atoms with Crippen LogP contribution in [0.25, 0.3) is 10.9 Å². The number of hydrogen-bond donors (Lipinski definition) is 3. The van der Waals surface area contributed by atoms with Gasteiger partial charge in [0, 0.05) is 16.8 Å². The molecule has 0 fully saturated rings. The topological polar surface area (TPSA) is 69.8 Å². The summed E-state index contributed by atoms with van der Waals surface area (Å²) in [6.07, 6.45) is 1.72. The summed E-state index contributed by atoms with van der Waals surface area (Å²) in [5, 5.41) is 13.3. The van der Waals surface area contributed by atoms with Crippen LogP contribution < -0.4 is 10.6 Å². The van der Waals surface area contributed by atoms with Crippen molar-refractivity contribution in [2.75, 3.05) is 10.6 Å². The van der Waals surface area contributed by atoms with Crippen LogP contribution in [-0.2, 0) is 0 Å². The number of urea groups is 1. The maximum absolute atomic E-state index is 11.8. The summed E-state index contributed by atoms with van der Waals surface area (Å²) in [7, 11) is 0. The monoisotopic (exact) mass is 252 g/mol.